The molecule has 2 amide bonds. The second-order valence-corrected chi connectivity index (χ2v) is 6.35. The molecule has 0 fully saturated rings. The second-order valence-electron chi connectivity index (χ2n) is 6.35. The highest BCUT2D eigenvalue weighted by molar-refractivity contribution is 5.83. The van der Waals surface area contributed by atoms with Crippen LogP contribution >= 0.6 is 0 Å². The highest BCUT2D eigenvalue weighted by Crippen LogP contribution is 2.22. The van der Waals surface area contributed by atoms with E-state index in [2.05, 4.69) is 26.1 Å². The van der Waals surface area contributed by atoms with E-state index in [1.165, 1.54) is 0 Å². The molecule has 0 heterocycles. The Balaban J connectivity index is 3.95. The molecule has 0 aromatic rings. The van der Waals surface area contributed by atoms with E-state index in [4.69, 9.17) is 10.5 Å². The predicted molar refractivity (Wildman–Crippen MR) is 70.9 cm³/mol. The van der Waals surface area contributed by atoms with Crippen molar-refractivity contribution in [2.24, 2.45) is 11.1 Å². The van der Waals surface area contributed by atoms with E-state index in [-0.39, 0.29) is 23.5 Å². The van der Waals surface area contributed by atoms with Gasteiger partial charge in [-0.2, -0.15) is 0 Å². The van der Waals surface area contributed by atoms with Gasteiger partial charge in [-0.15, -0.1) is 0 Å². The van der Waals surface area contributed by atoms with Crippen LogP contribution in [0, 0.1) is 5.41 Å². The van der Waals surface area contributed by atoms with Crippen molar-refractivity contribution in [2.45, 2.75) is 53.1 Å². The zero-order chi connectivity index (χ0) is 14.4. The van der Waals surface area contributed by atoms with E-state index < -0.39 is 5.91 Å². The van der Waals surface area contributed by atoms with Crippen LogP contribution in [0.5, 0.6) is 0 Å². The number of rotatable bonds is 7. The first-order valence-corrected chi connectivity index (χ1v) is 6.21. The lowest BCUT2D eigenvalue weighted by molar-refractivity contribution is -0.126. The Bertz CT molecular complexity index is 293. The summed E-state index contributed by atoms with van der Waals surface area (Å²) >= 11 is 0. The minimum Gasteiger partial charge on any atom is -0.375 e. The van der Waals surface area contributed by atoms with Crippen LogP contribution in [-0.2, 0) is 14.3 Å². The molecule has 3 N–H and O–H groups in total. The fourth-order valence-electron chi connectivity index (χ4n) is 1.17. The van der Waals surface area contributed by atoms with Crippen LogP contribution in [0.1, 0.15) is 47.5 Å². The number of ether oxygens (including phenoxy) is 1. The summed E-state index contributed by atoms with van der Waals surface area (Å²) in [5.41, 5.74) is 4.69. The minimum atomic E-state index is -0.536. The van der Waals surface area contributed by atoms with Gasteiger partial charge in [0.05, 0.1) is 18.8 Å². The molecule has 0 radical (unpaired) electrons. The van der Waals surface area contributed by atoms with Crippen LogP contribution in [0.25, 0.3) is 0 Å². The quantitative estimate of drug-likeness (QED) is 0.720. The average Bonchev–Trinajstić information content (AvgIpc) is 2.20. The minimum absolute atomic E-state index is 0.103. The predicted octanol–water partition coefficient (Wildman–Crippen LogP) is 1.21. The SMILES string of the molecule is CC(C)(C)COC(C)(C)CCC(=O)NCC(N)=O. The third-order valence-corrected chi connectivity index (χ3v) is 2.31. The summed E-state index contributed by atoms with van der Waals surface area (Å²) in [6.45, 7) is 10.7. The molecule has 0 bridgehead atoms. The van der Waals surface area contributed by atoms with E-state index in [1.54, 1.807) is 0 Å². The van der Waals surface area contributed by atoms with Gasteiger partial charge in [-0.3, -0.25) is 9.59 Å². The molecule has 0 spiro atoms. The Morgan fingerprint density at radius 2 is 1.72 bits per heavy atom. The second kappa shape index (κ2) is 6.73. The van der Waals surface area contributed by atoms with E-state index in [0.29, 0.717) is 19.4 Å². The van der Waals surface area contributed by atoms with Crippen LogP contribution in [-0.4, -0.2) is 30.6 Å². The standard InChI is InChI=1S/C13H26N2O3/c1-12(2,3)9-18-13(4,5)7-6-11(17)15-8-10(14)16/h6-9H2,1-5H3,(H2,14,16)(H,15,17). The Labute approximate surface area is 109 Å². The Morgan fingerprint density at radius 1 is 1.17 bits per heavy atom. The number of carbonyl (C=O) groups excluding carboxylic acids is 2. The van der Waals surface area contributed by atoms with Crippen molar-refractivity contribution in [1.82, 2.24) is 5.32 Å². The zero-order valence-corrected chi connectivity index (χ0v) is 12.1. The summed E-state index contributed by atoms with van der Waals surface area (Å²) in [5, 5.41) is 2.46. The van der Waals surface area contributed by atoms with E-state index in [0.717, 1.165) is 0 Å². The first-order chi connectivity index (χ1) is 8.02. The zero-order valence-electron chi connectivity index (χ0n) is 12.1. The van der Waals surface area contributed by atoms with Crippen molar-refractivity contribution >= 4 is 11.8 Å². The highest BCUT2D eigenvalue weighted by atomic mass is 16.5. The lowest BCUT2D eigenvalue weighted by Gasteiger charge is -2.29. The topological polar surface area (TPSA) is 81.4 Å². The third-order valence-electron chi connectivity index (χ3n) is 2.31. The van der Waals surface area contributed by atoms with Crippen LogP contribution in [0.15, 0.2) is 0 Å². The smallest absolute Gasteiger partial charge is 0.236 e. The van der Waals surface area contributed by atoms with Gasteiger partial charge in [0.25, 0.3) is 0 Å². The maximum Gasteiger partial charge on any atom is 0.236 e. The molecule has 0 aliphatic carbocycles. The number of primary amides is 1. The fourth-order valence-corrected chi connectivity index (χ4v) is 1.17. The van der Waals surface area contributed by atoms with Gasteiger partial charge in [0.15, 0.2) is 0 Å². The van der Waals surface area contributed by atoms with Crippen molar-refractivity contribution < 1.29 is 14.3 Å². The molecule has 0 rings (SSSR count). The number of nitrogens with one attached hydrogen (secondary N) is 1. The first-order valence-electron chi connectivity index (χ1n) is 6.21. The first kappa shape index (κ1) is 16.9. The Hall–Kier alpha value is -1.10. The number of nitrogens with two attached hydrogens (primary N) is 1. The van der Waals surface area contributed by atoms with E-state index >= 15 is 0 Å². The van der Waals surface area contributed by atoms with Gasteiger partial charge in [-0.25, -0.2) is 0 Å². The van der Waals surface area contributed by atoms with Crippen molar-refractivity contribution in [3.63, 3.8) is 0 Å². The molecule has 0 aromatic heterocycles. The summed E-state index contributed by atoms with van der Waals surface area (Å²) in [7, 11) is 0. The lowest BCUT2D eigenvalue weighted by atomic mass is 9.96. The molecule has 0 unspecified atom stereocenters. The van der Waals surface area contributed by atoms with Gasteiger partial charge in [0, 0.05) is 6.42 Å². The maximum atomic E-state index is 11.4. The summed E-state index contributed by atoms with van der Waals surface area (Å²) in [4.78, 5) is 21.9. The molecule has 106 valence electrons. The summed E-state index contributed by atoms with van der Waals surface area (Å²) < 4.78 is 5.80. The summed E-state index contributed by atoms with van der Waals surface area (Å²) in [6.07, 6.45) is 0.929. The largest absolute Gasteiger partial charge is 0.375 e. The number of amides is 2. The van der Waals surface area contributed by atoms with E-state index in [9.17, 15) is 9.59 Å². The molecule has 5 nitrogen and oxygen atoms in total. The average molecular weight is 258 g/mol. The number of hydrogen-bond donors (Lipinski definition) is 2. The molecular weight excluding hydrogens is 232 g/mol. The lowest BCUT2D eigenvalue weighted by Crippen LogP contribution is -2.35. The van der Waals surface area contributed by atoms with Crippen molar-refractivity contribution in [3.8, 4) is 0 Å². The maximum absolute atomic E-state index is 11.4. The van der Waals surface area contributed by atoms with Gasteiger partial charge in [-0.1, -0.05) is 20.8 Å². The molecule has 5 heteroatoms. The number of hydrogen-bond acceptors (Lipinski definition) is 3. The Kier molecular flexibility index (Phi) is 6.32. The van der Waals surface area contributed by atoms with Gasteiger partial charge in [-0.05, 0) is 25.7 Å². The van der Waals surface area contributed by atoms with Gasteiger partial charge in [0.2, 0.25) is 11.8 Å². The van der Waals surface area contributed by atoms with Gasteiger partial charge in [0.1, 0.15) is 0 Å². The van der Waals surface area contributed by atoms with Gasteiger partial charge >= 0.3 is 0 Å². The number of carbonyl (C=O) groups is 2. The van der Waals surface area contributed by atoms with Crippen LogP contribution < -0.4 is 11.1 Å². The van der Waals surface area contributed by atoms with Gasteiger partial charge < -0.3 is 15.8 Å². The Morgan fingerprint density at radius 3 is 2.17 bits per heavy atom. The fraction of sp³-hybridized carbons (Fsp3) is 0.846. The molecular formula is C13H26N2O3. The van der Waals surface area contributed by atoms with Crippen LogP contribution in [0.2, 0.25) is 0 Å². The molecule has 0 aliphatic heterocycles. The third kappa shape index (κ3) is 10.1. The highest BCUT2D eigenvalue weighted by Gasteiger charge is 2.23. The van der Waals surface area contributed by atoms with E-state index in [1.807, 2.05) is 13.8 Å². The normalized spacial score (nSPS) is 12.3. The molecule has 0 aromatic carbocycles. The van der Waals surface area contributed by atoms with Crippen molar-refractivity contribution in [2.75, 3.05) is 13.2 Å². The summed E-state index contributed by atoms with van der Waals surface area (Å²) in [6, 6.07) is 0. The molecule has 0 atom stereocenters. The molecule has 0 saturated heterocycles. The van der Waals surface area contributed by atoms with Crippen LogP contribution in [0.4, 0.5) is 0 Å². The monoisotopic (exact) mass is 258 g/mol. The molecule has 0 aliphatic rings. The summed E-state index contributed by atoms with van der Waals surface area (Å²) in [5.74, 6) is -0.715. The van der Waals surface area contributed by atoms with Crippen molar-refractivity contribution in [1.29, 1.82) is 0 Å². The molecule has 18 heavy (non-hydrogen) atoms. The molecule has 0 saturated carbocycles. The van der Waals surface area contributed by atoms with Crippen molar-refractivity contribution in [3.05, 3.63) is 0 Å². The van der Waals surface area contributed by atoms with Crippen LogP contribution in [0.3, 0.4) is 0 Å².